The molecule has 0 saturated carbocycles. The van der Waals surface area contributed by atoms with Crippen molar-refractivity contribution in [2.75, 3.05) is 5.01 Å². The molecule has 0 fully saturated rings. The number of anilines is 1. The second kappa shape index (κ2) is 9.37. The zero-order valence-electron chi connectivity index (χ0n) is 21.0. The molecule has 1 aromatic heterocycles. The fraction of sp³-hybridized carbons (Fsp3) is 0.321. The summed E-state index contributed by atoms with van der Waals surface area (Å²) in [7, 11) is 0. The van der Waals surface area contributed by atoms with E-state index in [2.05, 4.69) is 45.9 Å². The third kappa shape index (κ3) is 4.45. The van der Waals surface area contributed by atoms with Crippen molar-refractivity contribution in [3.8, 4) is 0 Å². The molecule has 0 bridgehead atoms. The van der Waals surface area contributed by atoms with Crippen LogP contribution in [0.15, 0.2) is 78.4 Å². The van der Waals surface area contributed by atoms with Gasteiger partial charge in [0.15, 0.2) is 0 Å². The SMILES string of the molecule is CC1=C(NC(=O)N[C@@H]2c3ccccc3C(C)(C)C[C@H]2O)N(c2ccccc2)NC1c1cnc(C)nc1. The van der Waals surface area contributed by atoms with Crippen molar-refractivity contribution in [3.05, 3.63) is 101 Å². The van der Waals surface area contributed by atoms with Gasteiger partial charge >= 0.3 is 6.03 Å². The lowest BCUT2D eigenvalue weighted by atomic mass is 9.70. The highest BCUT2D eigenvalue weighted by Gasteiger charge is 2.39. The fourth-order valence-electron chi connectivity index (χ4n) is 5.22. The predicted octanol–water partition coefficient (Wildman–Crippen LogP) is 4.17. The van der Waals surface area contributed by atoms with E-state index in [0.717, 1.165) is 28.0 Å². The van der Waals surface area contributed by atoms with Gasteiger partial charge in [-0.25, -0.2) is 20.2 Å². The minimum atomic E-state index is -0.694. The maximum Gasteiger partial charge on any atom is 0.320 e. The number of hydrogen-bond acceptors (Lipinski definition) is 6. The minimum absolute atomic E-state index is 0.174. The molecule has 1 aliphatic carbocycles. The number of nitrogens with one attached hydrogen (secondary N) is 3. The molecule has 0 saturated heterocycles. The summed E-state index contributed by atoms with van der Waals surface area (Å²) in [5.41, 5.74) is 8.09. The van der Waals surface area contributed by atoms with Crippen molar-refractivity contribution in [1.29, 1.82) is 0 Å². The van der Waals surface area contributed by atoms with Crippen LogP contribution in [0.2, 0.25) is 0 Å². The number of carbonyl (C=O) groups excluding carboxylic acids is 1. The fourth-order valence-corrected chi connectivity index (χ4v) is 5.22. The second-order valence-corrected chi connectivity index (χ2v) is 10.1. The molecule has 1 aliphatic heterocycles. The van der Waals surface area contributed by atoms with Crippen LogP contribution in [-0.2, 0) is 5.41 Å². The highest BCUT2D eigenvalue weighted by atomic mass is 16.3. The molecule has 0 radical (unpaired) electrons. The molecule has 2 aliphatic rings. The Bertz CT molecular complexity index is 1290. The van der Waals surface area contributed by atoms with E-state index in [9.17, 15) is 9.90 Å². The standard InChI is InChI=1S/C28H32N6O2/c1-17-24(19-15-29-18(2)30-16-19)33-34(20-10-6-5-7-11-20)26(17)32-27(36)31-25-21-12-8-9-13-22(21)28(3,4)14-23(25)35/h5-13,15-16,23-25,33,35H,14H2,1-4H3,(H2,31,32,36)/t23-,24?,25-/m1/s1. The number of fused-ring (bicyclic) bond motifs is 1. The average Bonchev–Trinajstić information content (AvgIpc) is 3.18. The second-order valence-electron chi connectivity index (χ2n) is 10.1. The van der Waals surface area contributed by atoms with Crippen LogP contribution in [0.1, 0.15) is 61.8 Å². The summed E-state index contributed by atoms with van der Waals surface area (Å²) in [5, 5.41) is 18.9. The van der Waals surface area contributed by atoms with Crippen LogP contribution in [-0.4, -0.2) is 27.2 Å². The Morgan fingerprint density at radius 3 is 2.44 bits per heavy atom. The first-order chi connectivity index (χ1) is 17.2. The van der Waals surface area contributed by atoms with Crippen molar-refractivity contribution in [2.45, 2.75) is 57.7 Å². The molecule has 0 spiro atoms. The molecule has 8 heteroatoms. The molecule has 2 heterocycles. The van der Waals surface area contributed by atoms with Crippen LogP contribution in [0.25, 0.3) is 0 Å². The van der Waals surface area contributed by atoms with Gasteiger partial charge in [-0.2, -0.15) is 0 Å². The number of aryl methyl sites for hydroxylation is 1. The topological polar surface area (TPSA) is 102 Å². The van der Waals surface area contributed by atoms with Crippen LogP contribution in [0.4, 0.5) is 10.5 Å². The van der Waals surface area contributed by atoms with E-state index in [1.54, 1.807) is 12.4 Å². The van der Waals surface area contributed by atoms with E-state index in [0.29, 0.717) is 18.1 Å². The summed E-state index contributed by atoms with van der Waals surface area (Å²) in [5.74, 6) is 1.33. The Labute approximate surface area is 211 Å². The van der Waals surface area contributed by atoms with Gasteiger partial charge in [0.2, 0.25) is 0 Å². The third-order valence-electron chi connectivity index (χ3n) is 7.08. The van der Waals surface area contributed by atoms with E-state index in [-0.39, 0.29) is 17.5 Å². The molecule has 36 heavy (non-hydrogen) atoms. The van der Waals surface area contributed by atoms with Crippen molar-refractivity contribution in [1.82, 2.24) is 26.0 Å². The van der Waals surface area contributed by atoms with Crippen molar-refractivity contribution < 1.29 is 9.90 Å². The lowest BCUT2D eigenvalue weighted by Crippen LogP contribution is -2.49. The van der Waals surface area contributed by atoms with Crippen molar-refractivity contribution in [3.63, 3.8) is 0 Å². The normalized spacial score (nSPS) is 22.8. The van der Waals surface area contributed by atoms with E-state index in [1.165, 1.54) is 0 Å². The lowest BCUT2D eigenvalue weighted by Gasteiger charge is -2.40. The van der Waals surface area contributed by atoms with Gasteiger partial charge in [-0.3, -0.25) is 10.3 Å². The number of benzene rings is 2. The third-order valence-corrected chi connectivity index (χ3v) is 7.08. The predicted molar refractivity (Wildman–Crippen MR) is 139 cm³/mol. The van der Waals surface area contributed by atoms with Gasteiger partial charge in [0.1, 0.15) is 11.6 Å². The van der Waals surface area contributed by atoms with Gasteiger partial charge in [0, 0.05) is 18.0 Å². The van der Waals surface area contributed by atoms with Gasteiger partial charge in [-0.15, -0.1) is 0 Å². The Hall–Kier alpha value is -3.75. The number of para-hydroxylation sites is 1. The van der Waals surface area contributed by atoms with Crippen LogP contribution >= 0.6 is 0 Å². The monoisotopic (exact) mass is 484 g/mol. The number of aliphatic hydroxyl groups excluding tert-OH is 1. The summed E-state index contributed by atoms with van der Waals surface area (Å²) in [4.78, 5) is 22.0. The van der Waals surface area contributed by atoms with E-state index >= 15 is 0 Å². The van der Waals surface area contributed by atoms with Gasteiger partial charge in [0.05, 0.1) is 23.9 Å². The molecular weight excluding hydrogens is 452 g/mol. The summed E-state index contributed by atoms with van der Waals surface area (Å²) < 4.78 is 0. The average molecular weight is 485 g/mol. The Morgan fingerprint density at radius 1 is 1.06 bits per heavy atom. The number of amides is 2. The first kappa shape index (κ1) is 24.0. The lowest BCUT2D eigenvalue weighted by molar-refractivity contribution is 0.0874. The van der Waals surface area contributed by atoms with Gasteiger partial charge in [0.25, 0.3) is 0 Å². The number of hydrogen-bond donors (Lipinski definition) is 4. The number of aliphatic hydroxyl groups is 1. The molecule has 2 amide bonds. The molecule has 1 unspecified atom stereocenters. The van der Waals surface area contributed by atoms with Crippen LogP contribution in [0.5, 0.6) is 0 Å². The first-order valence-electron chi connectivity index (χ1n) is 12.2. The summed E-state index contributed by atoms with van der Waals surface area (Å²) in [6.45, 7) is 8.07. The maximum atomic E-state index is 13.3. The van der Waals surface area contributed by atoms with Crippen molar-refractivity contribution in [2.24, 2.45) is 0 Å². The molecule has 186 valence electrons. The van der Waals surface area contributed by atoms with Crippen molar-refractivity contribution >= 4 is 11.7 Å². The Morgan fingerprint density at radius 2 is 1.72 bits per heavy atom. The number of rotatable bonds is 4. The molecule has 8 nitrogen and oxygen atoms in total. The van der Waals surface area contributed by atoms with Crippen LogP contribution in [0.3, 0.4) is 0 Å². The van der Waals surface area contributed by atoms with Crippen LogP contribution in [0, 0.1) is 6.92 Å². The largest absolute Gasteiger partial charge is 0.391 e. The molecule has 4 N–H and O–H groups in total. The van der Waals surface area contributed by atoms with E-state index < -0.39 is 12.1 Å². The summed E-state index contributed by atoms with van der Waals surface area (Å²) >= 11 is 0. The number of nitrogens with zero attached hydrogens (tertiary/aromatic N) is 3. The van der Waals surface area contributed by atoms with E-state index in [1.807, 2.05) is 67.4 Å². The quantitative estimate of drug-likeness (QED) is 0.443. The minimum Gasteiger partial charge on any atom is -0.391 e. The van der Waals surface area contributed by atoms with Gasteiger partial charge < -0.3 is 10.4 Å². The Balaban J connectivity index is 1.43. The number of urea groups is 1. The molecule has 3 atom stereocenters. The number of aromatic nitrogens is 2. The molecule has 3 aromatic rings. The molecule has 5 rings (SSSR count). The molecular formula is C28H32N6O2. The smallest absolute Gasteiger partial charge is 0.320 e. The first-order valence-corrected chi connectivity index (χ1v) is 12.2. The number of carbonyl (C=O) groups is 1. The molecule has 2 aromatic carbocycles. The van der Waals surface area contributed by atoms with E-state index in [4.69, 9.17) is 0 Å². The highest BCUT2D eigenvalue weighted by molar-refractivity contribution is 5.78. The van der Waals surface area contributed by atoms with Gasteiger partial charge in [-0.05, 0) is 54.5 Å². The highest BCUT2D eigenvalue weighted by Crippen LogP contribution is 2.41. The zero-order valence-corrected chi connectivity index (χ0v) is 21.0. The maximum absolute atomic E-state index is 13.3. The van der Waals surface area contributed by atoms with Crippen LogP contribution < -0.4 is 21.1 Å². The Kier molecular flexibility index (Phi) is 6.24. The summed E-state index contributed by atoms with van der Waals surface area (Å²) in [6, 6.07) is 16.7. The summed E-state index contributed by atoms with van der Waals surface area (Å²) in [6.07, 6.45) is 3.46. The number of hydrazine groups is 1. The van der Waals surface area contributed by atoms with Gasteiger partial charge in [-0.1, -0.05) is 56.3 Å². The zero-order chi connectivity index (χ0) is 25.4.